The SMILES string of the molecule is CC1CN(Cc2cccc3c2OCCN3)CCN1C. The zero-order valence-corrected chi connectivity index (χ0v) is 11.9. The Labute approximate surface area is 115 Å². The van der Waals surface area contributed by atoms with E-state index >= 15 is 0 Å². The van der Waals surface area contributed by atoms with Gasteiger partial charge in [-0.05, 0) is 20.0 Å². The predicted molar refractivity (Wildman–Crippen MR) is 77.8 cm³/mol. The van der Waals surface area contributed by atoms with E-state index in [2.05, 4.69) is 47.3 Å². The van der Waals surface area contributed by atoms with Crippen LogP contribution in [0.25, 0.3) is 0 Å². The monoisotopic (exact) mass is 261 g/mol. The smallest absolute Gasteiger partial charge is 0.146 e. The van der Waals surface area contributed by atoms with Crippen molar-refractivity contribution in [2.45, 2.75) is 19.5 Å². The zero-order chi connectivity index (χ0) is 13.2. The van der Waals surface area contributed by atoms with E-state index in [1.807, 2.05) is 0 Å². The first-order valence-corrected chi connectivity index (χ1v) is 7.15. The molecule has 2 aliphatic heterocycles. The first-order chi connectivity index (χ1) is 9.24. The van der Waals surface area contributed by atoms with E-state index in [1.54, 1.807) is 0 Å². The molecular weight excluding hydrogens is 238 g/mol. The third-order valence-corrected chi connectivity index (χ3v) is 4.20. The quantitative estimate of drug-likeness (QED) is 0.875. The number of hydrogen-bond donors (Lipinski definition) is 1. The van der Waals surface area contributed by atoms with Crippen molar-refractivity contribution in [1.29, 1.82) is 0 Å². The number of nitrogens with one attached hydrogen (secondary N) is 1. The van der Waals surface area contributed by atoms with Crippen LogP contribution >= 0.6 is 0 Å². The van der Waals surface area contributed by atoms with Gasteiger partial charge in [0.15, 0.2) is 0 Å². The lowest BCUT2D eigenvalue weighted by Crippen LogP contribution is -2.49. The Kier molecular flexibility index (Phi) is 3.62. The second kappa shape index (κ2) is 5.39. The lowest BCUT2D eigenvalue weighted by molar-refractivity contribution is 0.0991. The van der Waals surface area contributed by atoms with Crippen molar-refractivity contribution >= 4 is 5.69 Å². The van der Waals surface area contributed by atoms with E-state index in [0.29, 0.717) is 6.04 Å². The number of piperazine rings is 1. The summed E-state index contributed by atoms with van der Waals surface area (Å²) in [6.45, 7) is 8.37. The third kappa shape index (κ3) is 2.69. The van der Waals surface area contributed by atoms with Gasteiger partial charge in [-0.3, -0.25) is 4.90 Å². The average Bonchev–Trinajstić information content (AvgIpc) is 2.43. The number of likely N-dealkylation sites (N-methyl/N-ethyl adjacent to an activating group) is 1. The van der Waals surface area contributed by atoms with Crippen molar-refractivity contribution in [2.75, 3.05) is 45.2 Å². The maximum absolute atomic E-state index is 5.84. The number of para-hydroxylation sites is 1. The van der Waals surface area contributed by atoms with Crippen LogP contribution in [0.4, 0.5) is 5.69 Å². The summed E-state index contributed by atoms with van der Waals surface area (Å²) < 4.78 is 5.84. The summed E-state index contributed by atoms with van der Waals surface area (Å²) in [6.07, 6.45) is 0. The molecule has 0 bridgehead atoms. The lowest BCUT2D eigenvalue weighted by Gasteiger charge is -2.38. The number of benzene rings is 1. The Hall–Kier alpha value is -1.26. The Balaban J connectivity index is 1.73. The summed E-state index contributed by atoms with van der Waals surface area (Å²) in [5.41, 5.74) is 2.45. The molecule has 4 heteroatoms. The molecule has 0 saturated carbocycles. The van der Waals surface area contributed by atoms with Crippen LogP contribution in [0.2, 0.25) is 0 Å². The van der Waals surface area contributed by atoms with Crippen LogP contribution < -0.4 is 10.1 Å². The first-order valence-electron chi connectivity index (χ1n) is 7.15. The molecule has 1 aromatic rings. The van der Waals surface area contributed by atoms with Gasteiger partial charge in [0.2, 0.25) is 0 Å². The third-order valence-electron chi connectivity index (χ3n) is 4.20. The number of anilines is 1. The summed E-state index contributed by atoms with van der Waals surface area (Å²) >= 11 is 0. The molecule has 0 radical (unpaired) electrons. The molecule has 2 heterocycles. The van der Waals surface area contributed by atoms with Crippen LogP contribution in [0.1, 0.15) is 12.5 Å². The summed E-state index contributed by atoms with van der Waals surface area (Å²) in [5, 5.41) is 3.40. The molecule has 19 heavy (non-hydrogen) atoms. The van der Waals surface area contributed by atoms with Crippen LogP contribution in [0.15, 0.2) is 18.2 Å². The molecular formula is C15H23N3O. The number of ether oxygens (including phenoxy) is 1. The molecule has 1 N–H and O–H groups in total. The van der Waals surface area contributed by atoms with E-state index in [9.17, 15) is 0 Å². The molecule has 1 aromatic carbocycles. The highest BCUT2D eigenvalue weighted by Gasteiger charge is 2.22. The predicted octanol–water partition coefficient (Wildman–Crippen LogP) is 1.63. The summed E-state index contributed by atoms with van der Waals surface area (Å²) in [5.74, 6) is 1.06. The maximum atomic E-state index is 5.84. The Morgan fingerprint density at radius 2 is 2.26 bits per heavy atom. The molecule has 1 fully saturated rings. The second-order valence-electron chi connectivity index (χ2n) is 5.63. The molecule has 0 aliphatic carbocycles. The van der Waals surface area contributed by atoms with Gasteiger partial charge >= 0.3 is 0 Å². The van der Waals surface area contributed by atoms with E-state index in [0.717, 1.165) is 50.8 Å². The van der Waals surface area contributed by atoms with Gasteiger partial charge in [0, 0.05) is 44.3 Å². The van der Waals surface area contributed by atoms with E-state index in [4.69, 9.17) is 4.74 Å². The van der Waals surface area contributed by atoms with Gasteiger partial charge < -0.3 is 15.0 Å². The molecule has 4 nitrogen and oxygen atoms in total. The van der Waals surface area contributed by atoms with Gasteiger partial charge in [-0.15, -0.1) is 0 Å². The lowest BCUT2D eigenvalue weighted by atomic mass is 10.1. The van der Waals surface area contributed by atoms with Gasteiger partial charge in [0.05, 0.1) is 5.69 Å². The highest BCUT2D eigenvalue weighted by molar-refractivity contribution is 5.61. The van der Waals surface area contributed by atoms with E-state index < -0.39 is 0 Å². The standard InChI is InChI=1S/C15H23N3O/c1-12-10-18(8-7-17(12)2)11-13-4-3-5-14-15(13)19-9-6-16-14/h3-5,12,16H,6-11H2,1-2H3. The highest BCUT2D eigenvalue weighted by atomic mass is 16.5. The summed E-state index contributed by atoms with van der Waals surface area (Å²) in [7, 11) is 2.21. The van der Waals surface area contributed by atoms with Crippen molar-refractivity contribution in [3.05, 3.63) is 23.8 Å². The van der Waals surface area contributed by atoms with Crippen LogP contribution in [-0.2, 0) is 6.54 Å². The number of nitrogens with zero attached hydrogens (tertiary/aromatic N) is 2. The van der Waals surface area contributed by atoms with Crippen molar-refractivity contribution in [1.82, 2.24) is 9.80 Å². The van der Waals surface area contributed by atoms with Gasteiger partial charge in [-0.2, -0.15) is 0 Å². The van der Waals surface area contributed by atoms with E-state index in [1.165, 1.54) is 5.56 Å². The van der Waals surface area contributed by atoms with Crippen molar-refractivity contribution in [3.63, 3.8) is 0 Å². The van der Waals surface area contributed by atoms with Crippen LogP contribution in [0, 0.1) is 0 Å². The molecule has 0 amide bonds. The molecule has 3 rings (SSSR count). The molecule has 1 saturated heterocycles. The van der Waals surface area contributed by atoms with E-state index in [-0.39, 0.29) is 0 Å². The zero-order valence-electron chi connectivity index (χ0n) is 11.9. The van der Waals surface area contributed by atoms with Crippen molar-refractivity contribution in [3.8, 4) is 5.75 Å². The Bertz CT molecular complexity index is 449. The number of rotatable bonds is 2. The highest BCUT2D eigenvalue weighted by Crippen LogP contribution is 2.32. The number of fused-ring (bicyclic) bond motifs is 1. The first kappa shape index (κ1) is 12.8. The largest absolute Gasteiger partial charge is 0.489 e. The van der Waals surface area contributed by atoms with Crippen molar-refractivity contribution < 1.29 is 4.74 Å². The van der Waals surface area contributed by atoms with Crippen LogP contribution in [-0.4, -0.2) is 55.7 Å². The van der Waals surface area contributed by atoms with Gasteiger partial charge in [0.25, 0.3) is 0 Å². The topological polar surface area (TPSA) is 27.7 Å². The Morgan fingerprint density at radius 1 is 1.37 bits per heavy atom. The fourth-order valence-corrected chi connectivity index (χ4v) is 2.87. The molecule has 0 spiro atoms. The second-order valence-corrected chi connectivity index (χ2v) is 5.63. The normalized spacial score (nSPS) is 24.4. The summed E-state index contributed by atoms with van der Waals surface area (Å²) in [4.78, 5) is 4.95. The van der Waals surface area contributed by atoms with Gasteiger partial charge in [-0.25, -0.2) is 0 Å². The van der Waals surface area contributed by atoms with Gasteiger partial charge in [-0.1, -0.05) is 12.1 Å². The fourth-order valence-electron chi connectivity index (χ4n) is 2.87. The summed E-state index contributed by atoms with van der Waals surface area (Å²) in [6, 6.07) is 7.04. The molecule has 1 unspecified atom stereocenters. The van der Waals surface area contributed by atoms with Crippen LogP contribution in [0.3, 0.4) is 0 Å². The molecule has 1 atom stereocenters. The van der Waals surface area contributed by atoms with Crippen LogP contribution in [0.5, 0.6) is 5.75 Å². The molecule has 0 aromatic heterocycles. The minimum absolute atomic E-state index is 0.632. The minimum Gasteiger partial charge on any atom is -0.489 e. The van der Waals surface area contributed by atoms with Gasteiger partial charge in [0.1, 0.15) is 12.4 Å². The average molecular weight is 261 g/mol. The maximum Gasteiger partial charge on any atom is 0.146 e. The fraction of sp³-hybridized carbons (Fsp3) is 0.600. The van der Waals surface area contributed by atoms with Crippen molar-refractivity contribution in [2.24, 2.45) is 0 Å². The Morgan fingerprint density at radius 3 is 3.11 bits per heavy atom. The molecule has 104 valence electrons. The minimum atomic E-state index is 0.632. The number of hydrogen-bond acceptors (Lipinski definition) is 4. The molecule has 2 aliphatic rings.